The van der Waals surface area contributed by atoms with Crippen LogP contribution >= 0.6 is 0 Å². The highest BCUT2D eigenvalue weighted by molar-refractivity contribution is 6.03. The van der Waals surface area contributed by atoms with Gasteiger partial charge >= 0.3 is 0 Å². The Labute approximate surface area is 195 Å². The van der Waals surface area contributed by atoms with Crippen molar-refractivity contribution in [3.8, 4) is 0 Å². The van der Waals surface area contributed by atoms with Gasteiger partial charge in [0.2, 0.25) is 5.69 Å². The fraction of sp³-hybridized carbons (Fsp3) is 0.433. The van der Waals surface area contributed by atoms with Gasteiger partial charge in [0.05, 0.1) is 5.41 Å². The van der Waals surface area contributed by atoms with Crippen molar-refractivity contribution in [1.29, 1.82) is 0 Å². The highest BCUT2D eigenvalue weighted by Gasteiger charge is 2.43. The molecule has 0 saturated carbocycles. The van der Waals surface area contributed by atoms with Crippen molar-refractivity contribution >= 4 is 11.4 Å². The van der Waals surface area contributed by atoms with Gasteiger partial charge in [-0.25, -0.2) is 0 Å². The smallest absolute Gasteiger partial charge is 0.209 e. The molecule has 0 fully saturated rings. The molecule has 0 bridgehead atoms. The molecule has 0 amide bonds. The van der Waals surface area contributed by atoms with Crippen LogP contribution in [0.25, 0.3) is 0 Å². The van der Waals surface area contributed by atoms with Crippen LogP contribution in [0.5, 0.6) is 0 Å². The van der Waals surface area contributed by atoms with E-state index in [0.29, 0.717) is 0 Å². The van der Waals surface area contributed by atoms with E-state index < -0.39 is 0 Å². The predicted octanol–water partition coefficient (Wildman–Crippen LogP) is 7.43. The summed E-state index contributed by atoms with van der Waals surface area (Å²) < 4.78 is 2.45. The Morgan fingerprint density at radius 3 is 2.53 bits per heavy atom. The molecule has 168 valence electrons. The second-order valence-electron chi connectivity index (χ2n) is 10.1. The largest absolute Gasteiger partial charge is 0.348 e. The first-order valence-corrected chi connectivity index (χ1v) is 12.3. The zero-order chi connectivity index (χ0) is 22.9. The number of benzene rings is 1. The second-order valence-corrected chi connectivity index (χ2v) is 10.1. The third kappa shape index (κ3) is 3.64. The Hall–Kier alpha value is -2.61. The lowest BCUT2D eigenvalue weighted by molar-refractivity contribution is -0.433. The molecule has 2 heterocycles. The van der Waals surface area contributed by atoms with Gasteiger partial charge in [0.15, 0.2) is 5.71 Å². The van der Waals surface area contributed by atoms with E-state index in [2.05, 4.69) is 118 Å². The summed E-state index contributed by atoms with van der Waals surface area (Å²) in [4.78, 5) is 2.54. The van der Waals surface area contributed by atoms with Gasteiger partial charge in [-0.1, -0.05) is 62.4 Å². The average molecular weight is 428 g/mol. The van der Waals surface area contributed by atoms with E-state index in [-0.39, 0.29) is 10.8 Å². The van der Waals surface area contributed by atoms with Crippen LogP contribution in [0.1, 0.15) is 66.4 Å². The number of hydrogen-bond donors (Lipinski definition) is 0. The predicted molar refractivity (Wildman–Crippen MR) is 137 cm³/mol. The summed E-state index contributed by atoms with van der Waals surface area (Å²) in [6.45, 7) is 15.9. The van der Waals surface area contributed by atoms with Crippen molar-refractivity contribution in [2.24, 2.45) is 5.41 Å². The molecule has 32 heavy (non-hydrogen) atoms. The lowest BCUT2D eigenvalue weighted by Crippen LogP contribution is -2.27. The summed E-state index contributed by atoms with van der Waals surface area (Å²) in [6, 6.07) is 8.81. The number of nitrogens with zero attached hydrogens (tertiary/aromatic N) is 2. The van der Waals surface area contributed by atoms with Gasteiger partial charge in [0.1, 0.15) is 6.54 Å². The summed E-state index contributed by atoms with van der Waals surface area (Å²) in [7, 11) is 0. The van der Waals surface area contributed by atoms with E-state index in [1.807, 2.05) is 0 Å². The van der Waals surface area contributed by atoms with E-state index in [1.165, 1.54) is 53.2 Å². The fourth-order valence-corrected chi connectivity index (χ4v) is 5.79. The quantitative estimate of drug-likeness (QED) is 0.350. The van der Waals surface area contributed by atoms with E-state index in [1.54, 1.807) is 0 Å². The second kappa shape index (κ2) is 8.73. The summed E-state index contributed by atoms with van der Waals surface area (Å²) in [6.07, 6.45) is 19.6. The zero-order valence-electron chi connectivity index (χ0n) is 20.8. The molecule has 0 unspecified atom stereocenters. The molecule has 0 spiro atoms. The van der Waals surface area contributed by atoms with Gasteiger partial charge in [-0.3, -0.25) is 0 Å². The van der Waals surface area contributed by atoms with Crippen molar-refractivity contribution in [2.45, 2.75) is 66.2 Å². The van der Waals surface area contributed by atoms with Gasteiger partial charge in [-0.05, 0) is 58.6 Å². The zero-order valence-corrected chi connectivity index (χ0v) is 20.8. The van der Waals surface area contributed by atoms with Crippen molar-refractivity contribution in [3.63, 3.8) is 0 Å². The van der Waals surface area contributed by atoms with E-state index in [4.69, 9.17) is 0 Å². The number of fused-ring (bicyclic) bond motifs is 1. The Kier molecular flexibility index (Phi) is 6.16. The Bertz CT molecular complexity index is 1070. The highest BCUT2D eigenvalue weighted by atomic mass is 15.2. The monoisotopic (exact) mass is 427 g/mol. The molecule has 2 nitrogen and oxygen atoms in total. The molecular formula is C30H39N2+. The minimum absolute atomic E-state index is 0.0235. The molecule has 0 atom stereocenters. The Balaban J connectivity index is 1.58. The van der Waals surface area contributed by atoms with Gasteiger partial charge in [-0.2, -0.15) is 4.58 Å². The van der Waals surface area contributed by atoms with Crippen molar-refractivity contribution in [3.05, 3.63) is 89.3 Å². The normalized spacial score (nSPS) is 23.1. The number of allylic oxidation sites excluding steroid dienone is 9. The van der Waals surface area contributed by atoms with Crippen LogP contribution in [-0.4, -0.2) is 28.3 Å². The maximum Gasteiger partial charge on any atom is 0.209 e. The van der Waals surface area contributed by atoms with Crippen LogP contribution in [-0.2, 0) is 5.41 Å². The summed E-state index contributed by atoms with van der Waals surface area (Å²) in [5.74, 6) is 0. The SMILES string of the molecule is CCN1C2=C(C=CCCC2)C(C)(C)\C1=C/C=C/C=C/C1=[N+](CC)c2ccccc2C1(C)C. The molecule has 0 radical (unpaired) electrons. The van der Waals surface area contributed by atoms with Crippen LogP contribution in [0.15, 0.2) is 83.8 Å². The number of hydrogen-bond acceptors (Lipinski definition) is 1. The summed E-state index contributed by atoms with van der Waals surface area (Å²) in [5, 5.41) is 0. The first kappa shape index (κ1) is 22.6. The van der Waals surface area contributed by atoms with E-state index in [9.17, 15) is 0 Å². The molecule has 0 saturated heterocycles. The number of rotatable bonds is 5. The molecule has 2 heteroatoms. The topological polar surface area (TPSA) is 6.25 Å². The van der Waals surface area contributed by atoms with Crippen LogP contribution in [0.4, 0.5) is 5.69 Å². The van der Waals surface area contributed by atoms with Gasteiger partial charge in [0.25, 0.3) is 0 Å². The first-order valence-electron chi connectivity index (χ1n) is 12.3. The third-order valence-corrected chi connectivity index (χ3v) is 7.47. The lowest BCUT2D eigenvalue weighted by Gasteiger charge is -2.28. The molecule has 3 aliphatic rings. The summed E-state index contributed by atoms with van der Waals surface area (Å²) >= 11 is 0. The molecule has 4 rings (SSSR count). The van der Waals surface area contributed by atoms with Crippen molar-refractivity contribution in [2.75, 3.05) is 13.1 Å². The van der Waals surface area contributed by atoms with Crippen molar-refractivity contribution < 1.29 is 4.58 Å². The maximum absolute atomic E-state index is 2.54. The minimum atomic E-state index is 0.0235. The van der Waals surface area contributed by atoms with Crippen LogP contribution in [0.2, 0.25) is 0 Å². The standard InChI is InChI=1S/C30H39N2/c1-7-31-25-19-12-9-11-17-23(25)29(3,4)27(31)21-13-10-14-22-28-30(5,6)24-18-15-16-20-26(24)32(28)8-2/h10-11,13-18,20-22H,7-9,12,19H2,1-6H3/q+1. The van der Waals surface area contributed by atoms with E-state index in [0.717, 1.165) is 13.1 Å². The molecule has 0 aromatic heterocycles. The van der Waals surface area contributed by atoms with E-state index >= 15 is 0 Å². The molecular weight excluding hydrogens is 388 g/mol. The van der Waals surface area contributed by atoms with Gasteiger partial charge < -0.3 is 4.90 Å². The highest BCUT2D eigenvalue weighted by Crippen LogP contribution is 2.49. The maximum atomic E-state index is 2.54. The molecule has 2 aliphatic heterocycles. The van der Waals surface area contributed by atoms with Crippen LogP contribution in [0.3, 0.4) is 0 Å². The van der Waals surface area contributed by atoms with Gasteiger partial charge in [0, 0.05) is 41.1 Å². The fourth-order valence-electron chi connectivity index (χ4n) is 5.79. The van der Waals surface area contributed by atoms with Crippen LogP contribution in [0, 0.1) is 5.41 Å². The third-order valence-electron chi connectivity index (χ3n) is 7.47. The first-order chi connectivity index (χ1) is 15.3. The lowest BCUT2D eigenvalue weighted by atomic mass is 9.81. The Morgan fingerprint density at radius 1 is 1.00 bits per heavy atom. The number of para-hydroxylation sites is 1. The minimum Gasteiger partial charge on any atom is -0.348 e. The van der Waals surface area contributed by atoms with Gasteiger partial charge in [-0.15, -0.1) is 0 Å². The van der Waals surface area contributed by atoms with Crippen molar-refractivity contribution in [1.82, 2.24) is 4.90 Å². The molecule has 1 aromatic carbocycles. The molecule has 0 N–H and O–H groups in total. The molecule has 1 aromatic rings. The summed E-state index contributed by atoms with van der Waals surface area (Å²) in [5.41, 5.74) is 8.66. The molecule has 1 aliphatic carbocycles. The van der Waals surface area contributed by atoms with Crippen LogP contribution < -0.4 is 0 Å². The Morgan fingerprint density at radius 2 is 1.78 bits per heavy atom. The average Bonchev–Trinajstić information content (AvgIpc) is 2.97.